The van der Waals surface area contributed by atoms with Crippen LogP contribution in [0.25, 0.3) is 11.1 Å². The van der Waals surface area contributed by atoms with Crippen molar-refractivity contribution in [1.82, 2.24) is 20.3 Å². The van der Waals surface area contributed by atoms with Gasteiger partial charge in [0.05, 0.1) is 38.7 Å². The molecule has 1 aromatic heterocycles. The van der Waals surface area contributed by atoms with Crippen LogP contribution in [0.2, 0.25) is 0 Å². The summed E-state index contributed by atoms with van der Waals surface area (Å²) in [6.07, 6.45) is 0. The fourth-order valence-electron chi connectivity index (χ4n) is 4.92. The third-order valence-electron chi connectivity index (χ3n) is 7.41. The van der Waals surface area contributed by atoms with E-state index in [2.05, 4.69) is 25.6 Å². The van der Waals surface area contributed by atoms with Crippen molar-refractivity contribution in [2.24, 2.45) is 4.99 Å². The van der Waals surface area contributed by atoms with Crippen molar-refractivity contribution in [3.8, 4) is 11.1 Å². The van der Waals surface area contributed by atoms with E-state index in [0.717, 1.165) is 89.1 Å². The van der Waals surface area contributed by atoms with E-state index in [9.17, 15) is 4.39 Å². The van der Waals surface area contributed by atoms with Crippen molar-refractivity contribution in [2.45, 2.75) is 12.8 Å². The highest BCUT2D eigenvalue weighted by Gasteiger charge is 2.18. The Morgan fingerprint density at radius 1 is 0.950 bits per heavy atom. The van der Waals surface area contributed by atoms with Gasteiger partial charge in [-0.15, -0.1) is 0 Å². The Hall–Kier alpha value is -3.31. The highest BCUT2D eigenvalue weighted by Crippen LogP contribution is 2.30. The molecule has 0 aliphatic carbocycles. The van der Waals surface area contributed by atoms with E-state index < -0.39 is 0 Å². The van der Waals surface area contributed by atoms with Crippen LogP contribution in [0.15, 0.2) is 64.1 Å². The van der Waals surface area contributed by atoms with Crippen LogP contribution in [0.1, 0.15) is 24.1 Å². The first-order valence-corrected chi connectivity index (χ1v) is 14.1. The lowest BCUT2D eigenvalue weighted by atomic mass is 9.95. The van der Waals surface area contributed by atoms with Crippen LogP contribution in [0, 0.1) is 5.82 Å². The maximum atomic E-state index is 15.0. The van der Waals surface area contributed by atoms with Gasteiger partial charge < -0.3 is 19.3 Å². The van der Waals surface area contributed by atoms with Gasteiger partial charge in [-0.25, -0.2) is 4.39 Å². The van der Waals surface area contributed by atoms with E-state index >= 15 is 0 Å². The zero-order valence-electron chi connectivity index (χ0n) is 23.2. The van der Waals surface area contributed by atoms with Crippen molar-refractivity contribution in [3.05, 3.63) is 71.7 Å². The lowest BCUT2D eigenvalue weighted by molar-refractivity contribution is 0.0389. The van der Waals surface area contributed by atoms with Crippen LogP contribution in [-0.2, 0) is 9.47 Å². The lowest BCUT2D eigenvalue weighted by Crippen LogP contribution is -2.43. The average molecular weight is 551 g/mol. The molecule has 0 bridgehead atoms. The zero-order valence-corrected chi connectivity index (χ0v) is 23.2. The molecule has 0 radical (unpaired) electrons. The van der Waals surface area contributed by atoms with Crippen LogP contribution in [-0.4, -0.2) is 99.7 Å². The van der Waals surface area contributed by atoms with Crippen LogP contribution >= 0.6 is 0 Å². The highest BCUT2D eigenvalue weighted by atomic mass is 19.1. The van der Waals surface area contributed by atoms with Crippen LogP contribution in [0.5, 0.6) is 0 Å². The van der Waals surface area contributed by atoms with Gasteiger partial charge in [-0.2, -0.15) is 0 Å². The van der Waals surface area contributed by atoms with E-state index in [1.807, 2.05) is 55.5 Å². The van der Waals surface area contributed by atoms with E-state index in [1.165, 1.54) is 0 Å². The summed E-state index contributed by atoms with van der Waals surface area (Å²) < 4.78 is 31.5. The molecule has 0 amide bonds. The summed E-state index contributed by atoms with van der Waals surface area (Å²) in [6, 6.07) is 16.8. The normalized spacial score (nSPS) is 18.0. The van der Waals surface area contributed by atoms with Gasteiger partial charge in [0.2, 0.25) is 5.88 Å². The summed E-state index contributed by atoms with van der Waals surface area (Å²) in [4.78, 5) is 9.52. The van der Waals surface area contributed by atoms with Gasteiger partial charge in [-0.3, -0.25) is 20.1 Å². The Kier molecular flexibility index (Phi) is 10.1. The smallest absolute Gasteiger partial charge is 0.231 e. The standard InChI is InChI=1S/C30H39FN6O3/c1-23(25-7-8-26(27(31)21-25)24-5-3-2-4-6-24)28-22-29(40-35-28)34-30(32-9-11-36-13-17-38-18-14-36)33-10-12-37-15-19-39-20-16-37/h2-8,21-23H,9-20H2,1H3,(H2,32,33,34). The Bertz CT molecular complexity index is 1230. The number of ether oxygens (including phenoxy) is 2. The first-order valence-electron chi connectivity index (χ1n) is 14.1. The van der Waals surface area contributed by atoms with Gasteiger partial charge in [0.15, 0.2) is 5.96 Å². The van der Waals surface area contributed by atoms with Crippen molar-refractivity contribution < 1.29 is 18.4 Å². The summed E-state index contributed by atoms with van der Waals surface area (Å²) in [5.74, 6) is 0.744. The molecule has 9 nitrogen and oxygen atoms in total. The molecule has 3 heterocycles. The summed E-state index contributed by atoms with van der Waals surface area (Å²) in [6.45, 7) is 12.0. The van der Waals surface area contributed by atoms with Crippen LogP contribution in [0.3, 0.4) is 0 Å². The van der Waals surface area contributed by atoms with Crippen molar-refractivity contribution in [1.29, 1.82) is 0 Å². The number of benzene rings is 2. The molecule has 0 spiro atoms. The van der Waals surface area contributed by atoms with Crippen molar-refractivity contribution in [2.75, 3.05) is 84.1 Å². The topological polar surface area (TPSA) is 87.4 Å². The molecule has 10 heteroatoms. The van der Waals surface area contributed by atoms with Gasteiger partial charge >= 0.3 is 0 Å². The number of nitrogens with zero attached hydrogens (tertiary/aromatic N) is 4. The third-order valence-corrected chi connectivity index (χ3v) is 7.41. The number of rotatable bonds is 10. The lowest BCUT2D eigenvalue weighted by Gasteiger charge is -2.27. The number of anilines is 1. The summed E-state index contributed by atoms with van der Waals surface area (Å²) in [5.41, 5.74) is 2.99. The molecule has 1 unspecified atom stereocenters. The Balaban J connectivity index is 1.22. The number of guanidine groups is 1. The van der Waals surface area contributed by atoms with E-state index in [-0.39, 0.29) is 11.7 Å². The third kappa shape index (κ3) is 7.88. The number of morpholine rings is 2. The molecule has 2 N–H and O–H groups in total. The van der Waals surface area contributed by atoms with Crippen molar-refractivity contribution in [3.63, 3.8) is 0 Å². The number of aromatic nitrogens is 1. The predicted octanol–water partition coefficient (Wildman–Crippen LogP) is 3.65. The quantitative estimate of drug-likeness (QED) is 0.292. The minimum Gasteiger partial charge on any atom is -0.379 e. The largest absolute Gasteiger partial charge is 0.379 e. The number of aliphatic imine (C=N–C) groups is 1. The van der Waals surface area contributed by atoms with Crippen molar-refractivity contribution >= 4 is 11.8 Å². The monoisotopic (exact) mass is 550 g/mol. The number of hydrogen-bond donors (Lipinski definition) is 2. The van der Waals surface area contributed by atoms with Crippen LogP contribution in [0.4, 0.5) is 10.3 Å². The van der Waals surface area contributed by atoms with Gasteiger partial charge in [-0.05, 0) is 17.2 Å². The minimum absolute atomic E-state index is 0.144. The highest BCUT2D eigenvalue weighted by molar-refractivity contribution is 5.92. The zero-order chi connectivity index (χ0) is 27.6. The van der Waals surface area contributed by atoms with Gasteiger partial charge in [0, 0.05) is 63.4 Å². The molecular weight excluding hydrogens is 511 g/mol. The molecule has 5 rings (SSSR count). The fraction of sp³-hybridized carbons (Fsp3) is 0.467. The molecule has 0 saturated carbocycles. The first-order chi connectivity index (χ1) is 19.7. The van der Waals surface area contributed by atoms with Gasteiger partial charge in [-0.1, -0.05) is 54.5 Å². The molecule has 1 atom stereocenters. The fourth-order valence-corrected chi connectivity index (χ4v) is 4.92. The summed E-state index contributed by atoms with van der Waals surface area (Å²) in [7, 11) is 0. The van der Waals surface area contributed by atoms with E-state index in [4.69, 9.17) is 19.0 Å². The average Bonchev–Trinajstić information content (AvgIpc) is 3.46. The summed E-state index contributed by atoms with van der Waals surface area (Å²) in [5, 5.41) is 11.0. The Morgan fingerprint density at radius 2 is 1.65 bits per heavy atom. The maximum absolute atomic E-state index is 15.0. The Labute approximate surface area is 235 Å². The summed E-state index contributed by atoms with van der Waals surface area (Å²) >= 11 is 0. The molecule has 2 aliphatic rings. The molecule has 2 aliphatic heterocycles. The second kappa shape index (κ2) is 14.4. The predicted molar refractivity (Wildman–Crippen MR) is 154 cm³/mol. The van der Waals surface area contributed by atoms with Gasteiger partial charge in [0.1, 0.15) is 5.82 Å². The number of hydrogen-bond acceptors (Lipinski definition) is 7. The molecular formula is C30H39FN6O3. The second-order valence-corrected chi connectivity index (χ2v) is 10.1. The van der Waals surface area contributed by atoms with Gasteiger partial charge in [0.25, 0.3) is 0 Å². The second-order valence-electron chi connectivity index (χ2n) is 10.1. The number of halogens is 1. The Morgan fingerprint density at radius 3 is 2.35 bits per heavy atom. The van der Waals surface area contributed by atoms with E-state index in [1.54, 1.807) is 6.07 Å². The molecule has 214 valence electrons. The molecule has 2 fully saturated rings. The van der Waals surface area contributed by atoms with Crippen LogP contribution < -0.4 is 10.6 Å². The molecule has 2 aromatic carbocycles. The maximum Gasteiger partial charge on any atom is 0.231 e. The number of nitrogens with one attached hydrogen (secondary N) is 2. The molecule has 40 heavy (non-hydrogen) atoms. The minimum atomic E-state index is -0.253. The molecule has 3 aromatic rings. The first kappa shape index (κ1) is 28.2. The SMILES string of the molecule is CC(c1ccc(-c2ccccc2)c(F)c1)c1cc(NC(=NCCN2CCOCC2)NCCN2CCOCC2)on1. The molecule has 2 saturated heterocycles. The van der Waals surface area contributed by atoms with E-state index in [0.29, 0.717) is 24.0 Å².